The molecule has 0 radical (unpaired) electrons. The summed E-state index contributed by atoms with van der Waals surface area (Å²) < 4.78 is 30.5. The number of likely N-dealkylation sites (N-methyl/N-ethyl adjacent to an activating group) is 1. The van der Waals surface area contributed by atoms with Crippen molar-refractivity contribution >= 4 is 26.4 Å². The van der Waals surface area contributed by atoms with Gasteiger partial charge >= 0.3 is 0 Å². The zero-order valence-electron chi connectivity index (χ0n) is 19.2. The lowest BCUT2D eigenvalue weighted by Gasteiger charge is -2.32. The topological polar surface area (TPSA) is 83.7 Å². The molecule has 172 valence electrons. The zero-order chi connectivity index (χ0) is 23.2. The highest BCUT2D eigenvalue weighted by Crippen LogP contribution is 2.32. The fourth-order valence-corrected chi connectivity index (χ4v) is 6.08. The molecule has 0 amide bonds. The summed E-state index contributed by atoms with van der Waals surface area (Å²) in [5.41, 5.74) is 2.95. The summed E-state index contributed by atoms with van der Waals surface area (Å²) in [5, 5.41) is 15.5. The lowest BCUT2D eigenvalue weighted by Crippen LogP contribution is -2.47. The summed E-state index contributed by atoms with van der Waals surface area (Å²) >= 11 is 0. The maximum absolute atomic E-state index is 13.5. The summed E-state index contributed by atoms with van der Waals surface area (Å²) in [6.45, 7) is 6.40. The molecule has 0 aliphatic carbocycles. The molecule has 0 bridgehead atoms. The number of hydrogen-bond acceptors (Lipinski definition) is 6. The molecule has 0 unspecified atom stereocenters. The number of hydrogen-bond donors (Lipinski definition) is 0. The quantitative estimate of drug-likeness (QED) is 0.451. The van der Waals surface area contributed by atoms with Crippen LogP contribution in [0.4, 0.5) is 0 Å². The van der Waals surface area contributed by atoms with Gasteiger partial charge in [-0.3, -0.25) is 0 Å². The molecule has 2 aromatic carbocycles. The molecule has 1 fully saturated rings. The van der Waals surface area contributed by atoms with Crippen LogP contribution in [-0.2, 0) is 16.4 Å². The molecule has 1 saturated heterocycles. The molecule has 3 heterocycles. The van der Waals surface area contributed by atoms with Crippen LogP contribution in [0.1, 0.15) is 24.7 Å². The van der Waals surface area contributed by atoms with Crippen LogP contribution in [0.5, 0.6) is 0 Å². The van der Waals surface area contributed by atoms with Crippen molar-refractivity contribution in [2.24, 2.45) is 0 Å². The average Bonchev–Trinajstić information content (AvgIpc) is 3.22. The monoisotopic (exact) mass is 464 g/mol. The van der Waals surface area contributed by atoms with Crippen LogP contribution in [0.2, 0.25) is 0 Å². The van der Waals surface area contributed by atoms with E-state index in [1.165, 1.54) is 0 Å². The molecular formula is C24H28N6O2S. The molecule has 0 saturated carbocycles. The summed E-state index contributed by atoms with van der Waals surface area (Å²) in [4.78, 5) is 2.49. The predicted octanol–water partition coefficient (Wildman–Crippen LogP) is 3.14. The number of aryl methyl sites for hydroxylation is 2. The van der Waals surface area contributed by atoms with Crippen LogP contribution in [0.3, 0.4) is 0 Å². The van der Waals surface area contributed by atoms with E-state index in [4.69, 9.17) is 5.10 Å². The number of rotatable bonds is 5. The normalized spacial score (nSPS) is 16.1. The summed E-state index contributed by atoms with van der Waals surface area (Å²) in [5.74, 6) is 0.803. The Kier molecular flexibility index (Phi) is 5.64. The molecule has 1 aliphatic heterocycles. The Morgan fingerprint density at radius 2 is 1.70 bits per heavy atom. The molecular weight excluding hydrogens is 436 g/mol. The fourth-order valence-electron chi connectivity index (χ4n) is 4.41. The van der Waals surface area contributed by atoms with Gasteiger partial charge in [-0.05, 0) is 32.0 Å². The maximum atomic E-state index is 13.5. The predicted molar refractivity (Wildman–Crippen MR) is 129 cm³/mol. The van der Waals surface area contributed by atoms with E-state index in [0.717, 1.165) is 65.0 Å². The summed E-state index contributed by atoms with van der Waals surface area (Å²) in [6, 6.07) is 13.5. The van der Waals surface area contributed by atoms with Gasteiger partial charge in [-0.1, -0.05) is 43.3 Å². The van der Waals surface area contributed by atoms with Crippen LogP contribution in [-0.4, -0.2) is 70.7 Å². The van der Waals surface area contributed by atoms with Gasteiger partial charge in [0.05, 0.1) is 10.6 Å². The summed E-state index contributed by atoms with van der Waals surface area (Å²) in [7, 11) is -1.59. The fraction of sp³-hybridized carbons (Fsp3) is 0.375. The van der Waals surface area contributed by atoms with E-state index in [9.17, 15) is 8.42 Å². The van der Waals surface area contributed by atoms with Gasteiger partial charge in [0.1, 0.15) is 0 Å². The highest BCUT2D eigenvalue weighted by atomic mass is 32.2. The van der Waals surface area contributed by atoms with Crippen LogP contribution < -0.4 is 0 Å². The lowest BCUT2D eigenvalue weighted by molar-refractivity contribution is 0.222. The van der Waals surface area contributed by atoms with Gasteiger partial charge in [0.25, 0.3) is 0 Å². The number of piperazine rings is 1. The van der Waals surface area contributed by atoms with E-state index in [0.29, 0.717) is 18.0 Å². The molecule has 1 aliphatic rings. The first-order valence-corrected chi connectivity index (χ1v) is 12.8. The molecule has 0 atom stereocenters. The lowest BCUT2D eigenvalue weighted by atomic mass is 10.0. The van der Waals surface area contributed by atoms with Crippen LogP contribution >= 0.6 is 0 Å². The molecule has 0 spiro atoms. The van der Waals surface area contributed by atoms with Crippen molar-refractivity contribution in [1.29, 1.82) is 0 Å². The first-order chi connectivity index (χ1) is 15.9. The van der Waals surface area contributed by atoms with Crippen molar-refractivity contribution in [2.45, 2.75) is 31.6 Å². The molecule has 9 heteroatoms. The smallest absolute Gasteiger partial charge is 0.243 e. The third-order valence-corrected chi connectivity index (χ3v) is 8.38. The number of sulfonamides is 1. The van der Waals surface area contributed by atoms with Crippen molar-refractivity contribution in [3.05, 3.63) is 53.9 Å². The molecule has 2 aromatic heterocycles. The minimum absolute atomic E-state index is 0.341. The van der Waals surface area contributed by atoms with Gasteiger partial charge in [-0.25, -0.2) is 8.42 Å². The van der Waals surface area contributed by atoms with Gasteiger partial charge in [0.2, 0.25) is 10.0 Å². The summed E-state index contributed by atoms with van der Waals surface area (Å²) in [6.07, 6.45) is 1.70. The standard InChI is InChI=1S/C24H28N6O2S/c1-4-7-22-25-26-24-20-9-6-5-8-19(20)23(27-30(22)24)18-11-10-17(2)21(16-18)33(31,32)29-14-12-28(3)13-15-29/h5-6,8-11,16H,4,7,12-15H2,1-3H3. The van der Waals surface area contributed by atoms with E-state index >= 15 is 0 Å². The zero-order valence-corrected chi connectivity index (χ0v) is 20.0. The van der Waals surface area contributed by atoms with Crippen molar-refractivity contribution < 1.29 is 8.42 Å². The Hall–Kier alpha value is -2.88. The van der Waals surface area contributed by atoms with E-state index in [-0.39, 0.29) is 0 Å². The van der Waals surface area contributed by atoms with Gasteiger partial charge in [0.15, 0.2) is 11.5 Å². The van der Waals surface area contributed by atoms with Crippen molar-refractivity contribution in [3.63, 3.8) is 0 Å². The minimum Gasteiger partial charge on any atom is -0.304 e. The van der Waals surface area contributed by atoms with E-state index in [1.54, 1.807) is 14.9 Å². The Morgan fingerprint density at radius 3 is 2.42 bits per heavy atom. The Balaban J connectivity index is 1.68. The van der Waals surface area contributed by atoms with Gasteiger partial charge in [-0.2, -0.15) is 13.9 Å². The molecule has 5 rings (SSSR count). The maximum Gasteiger partial charge on any atom is 0.243 e. The third-order valence-electron chi connectivity index (χ3n) is 6.34. The van der Waals surface area contributed by atoms with E-state index in [1.807, 2.05) is 50.4 Å². The van der Waals surface area contributed by atoms with Crippen LogP contribution in [0.25, 0.3) is 27.7 Å². The second-order valence-electron chi connectivity index (χ2n) is 8.68. The first kappa shape index (κ1) is 21.9. The molecule has 33 heavy (non-hydrogen) atoms. The van der Waals surface area contributed by atoms with E-state index < -0.39 is 10.0 Å². The third kappa shape index (κ3) is 3.80. The minimum atomic E-state index is -3.60. The molecule has 4 aromatic rings. The Morgan fingerprint density at radius 1 is 0.970 bits per heavy atom. The number of aromatic nitrogens is 4. The highest BCUT2D eigenvalue weighted by molar-refractivity contribution is 7.89. The van der Waals surface area contributed by atoms with Crippen molar-refractivity contribution in [1.82, 2.24) is 29.0 Å². The number of fused-ring (bicyclic) bond motifs is 3. The van der Waals surface area contributed by atoms with Crippen molar-refractivity contribution in [2.75, 3.05) is 33.2 Å². The second kappa shape index (κ2) is 8.48. The van der Waals surface area contributed by atoms with Crippen LogP contribution in [0, 0.1) is 6.92 Å². The number of benzene rings is 2. The Bertz CT molecular complexity index is 1440. The van der Waals surface area contributed by atoms with Gasteiger partial charge in [-0.15, -0.1) is 10.2 Å². The van der Waals surface area contributed by atoms with Gasteiger partial charge in [0, 0.05) is 48.9 Å². The largest absolute Gasteiger partial charge is 0.304 e. The van der Waals surface area contributed by atoms with Gasteiger partial charge < -0.3 is 4.90 Å². The van der Waals surface area contributed by atoms with E-state index in [2.05, 4.69) is 22.0 Å². The Labute approximate surface area is 193 Å². The number of nitrogens with zero attached hydrogens (tertiary/aromatic N) is 6. The first-order valence-electron chi connectivity index (χ1n) is 11.3. The highest BCUT2D eigenvalue weighted by Gasteiger charge is 2.29. The molecule has 0 N–H and O–H groups in total. The second-order valence-corrected chi connectivity index (χ2v) is 10.6. The van der Waals surface area contributed by atoms with Crippen LogP contribution in [0.15, 0.2) is 47.4 Å². The average molecular weight is 465 g/mol. The SMILES string of the molecule is CCCc1nnc2c3ccccc3c(-c3ccc(C)c(S(=O)(=O)N4CCN(C)CC4)c3)nn12. The molecule has 8 nitrogen and oxygen atoms in total. The van der Waals surface area contributed by atoms with Crippen molar-refractivity contribution in [3.8, 4) is 11.3 Å².